The molecule has 1 fully saturated rings. The van der Waals surface area contributed by atoms with Gasteiger partial charge in [-0.15, -0.1) is 0 Å². The van der Waals surface area contributed by atoms with Crippen molar-refractivity contribution in [1.29, 1.82) is 0 Å². The Morgan fingerprint density at radius 3 is 1.63 bits per heavy atom. The van der Waals surface area contributed by atoms with E-state index in [1.165, 1.54) is 0 Å². The molecule has 8 heteroatoms. The van der Waals surface area contributed by atoms with E-state index < -0.39 is 54.6 Å². The minimum absolute atomic E-state index is 0.198. The molecular weight excluding hydrogens is 680 g/mol. The van der Waals surface area contributed by atoms with Crippen molar-refractivity contribution in [1.82, 2.24) is 0 Å². The predicted molar refractivity (Wildman–Crippen MR) is 220 cm³/mol. The minimum atomic E-state index is -1.46. The maximum Gasteiger partial charge on any atom is 0.187 e. The maximum absolute atomic E-state index is 10.7. The van der Waals surface area contributed by atoms with Crippen molar-refractivity contribution in [3.8, 4) is 0 Å². The highest BCUT2D eigenvalue weighted by molar-refractivity contribution is 5.39. The fourth-order valence-corrected chi connectivity index (χ4v) is 6.00. The molecule has 0 radical (unpaired) electrons. The van der Waals surface area contributed by atoms with E-state index in [1.54, 1.807) is 32.9 Å². The van der Waals surface area contributed by atoms with Crippen molar-refractivity contribution in [3.63, 3.8) is 0 Å². The summed E-state index contributed by atoms with van der Waals surface area (Å²) >= 11 is 0. The van der Waals surface area contributed by atoms with E-state index >= 15 is 0 Å². The molecule has 1 aliphatic heterocycles. The van der Waals surface area contributed by atoms with Gasteiger partial charge in [0.2, 0.25) is 0 Å². The predicted octanol–water partition coefficient (Wildman–Crippen LogP) is 7.51. The lowest BCUT2D eigenvalue weighted by atomic mass is 9.70. The van der Waals surface area contributed by atoms with Crippen LogP contribution in [0.4, 0.5) is 0 Å². The fraction of sp³-hybridized carbons (Fsp3) is 0.478. The summed E-state index contributed by atoms with van der Waals surface area (Å²) in [4.78, 5) is 0. The van der Waals surface area contributed by atoms with Gasteiger partial charge in [0.05, 0.1) is 17.8 Å². The molecule has 8 atom stereocenters. The van der Waals surface area contributed by atoms with E-state index in [2.05, 4.69) is 51.2 Å². The van der Waals surface area contributed by atoms with Gasteiger partial charge in [-0.05, 0) is 85.3 Å². The molecule has 0 aromatic heterocycles. The third-order valence-corrected chi connectivity index (χ3v) is 9.50. The van der Waals surface area contributed by atoms with E-state index in [9.17, 15) is 30.6 Å². The van der Waals surface area contributed by atoms with Crippen LogP contribution in [-0.4, -0.2) is 85.3 Å². The zero-order chi connectivity index (χ0) is 40.8. The molecule has 0 bridgehead atoms. The van der Waals surface area contributed by atoms with E-state index in [0.29, 0.717) is 6.42 Å². The first kappa shape index (κ1) is 46.7. The summed E-state index contributed by atoms with van der Waals surface area (Å²) in [7, 11) is 0. The average Bonchev–Trinajstić information content (AvgIpc) is 3.07. The monoisotopic (exact) mass is 746 g/mol. The second kappa shape index (κ2) is 21.6. The molecule has 0 saturated carbocycles. The summed E-state index contributed by atoms with van der Waals surface area (Å²) in [5, 5.41) is 61.5. The first-order chi connectivity index (χ1) is 25.1. The van der Waals surface area contributed by atoms with Gasteiger partial charge in [0.1, 0.15) is 30.5 Å². The van der Waals surface area contributed by atoms with E-state index in [-0.39, 0.29) is 5.41 Å². The molecule has 298 valence electrons. The van der Waals surface area contributed by atoms with Gasteiger partial charge in [-0.3, -0.25) is 0 Å². The molecule has 0 aromatic carbocycles. The molecule has 1 saturated heterocycles. The van der Waals surface area contributed by atoms with Gasteiger partial charge in [-0.25, -0.2) is 0 Å². The third kappa shape index (κ3) is 15.4. The first-order valence-corrected chi connectivity index (χ1v) is 18.7. The second-order valence-electron chi connectivity index (χ2n) is 15.8. The Balaban J connectivity index is 1.91. The zero-order valence-corrected chi connectivity index (χ0v) is 34.1. The number of allylic oxidation sites excluding steroid dienone is 22. The molecule has 8 nitrogen and oxygen atoms in total. The highest BCUT2D eigenvalue weighted by Gasteiger charge is 2.44. The van der Waals surface area contributed by atoms with Crippen LogP contribution >= 0.6 is 0 Å². The quantitative estimate of drug-likeness (QED) is 0.0948. The van der Waals surface area contributed by atoms with Gasteiger partial charge in [0, 0.05) is 0 Å². The van der Waals surface area contributed by atoms with E-state index in [0.717, 1.165) is 39.0 Å². The zero-order valence-electron chi connectivity index (χ0n) is 34.1. The molecule has 1 aliphatic carbocycles. The van der Waals surface area contributed by atoms with Gasteiger partial charge in [-0.1, -0.05) is 145 Å². The highest BCUT2D eigenvalue weighted by Crippen LogP contribution is 2.41. The van der Waals surface area contributed by atoms with Crippen molar-refractivity contribution in [3.05, 3.63) is 142 Å². The van der Waals surface area contributed by atoms with E-state index in [1.807, 2.05) is 95.4 Å². The van der Waals surface area contributed by atoms with E-state index in [4.69, 9.17) is 9.47 Å². The minimum Gasteiger partial charge on any atom is -0.390 e. The summed E-state index contributed by atoms with van der Waals surface area (Å²) < 4.78 is 11.4. The van der Waals surface area contributed by atoms with Crippen LogP contribution in [0.5, 0.6) is 0 Å². The van der Waals surface area contributed by atoms with Gasteiger partial charge in [-0.2, -0.15) is 0 Å². The van der Waals surface area contributed by atoms with Crippen LogP contribution < -0.4 is 0 Å². The van der Waals surface area contributed by atoms with Crippen LogP contribution in [0.3, 0.4) is 0 Å². The van der Waals surface area contributed by atoms with Gasteiger partial charge >= 0.3 is 0 Å². The summed E-state index contributed by atoms with van der Waals surface area (Å²) in [6.45, 7) is 20.9. The number of aliphatic hydroxyl groups is 6. The summed E-state index contributed by atoms with van der Waals surface area (Å²) in [5.74, 6) is 0. The Labute approximate surface area is 324 Å². The molecule has 0 aromatic rings. The average molecular weight is 747 g/mol. The lowest BCUT2D eigenvalue weighted by Gasteiger charge is -2.41. The normalized spacial score (nSPS) is 29.4. The number of aliphatic hydroxyl groups excluding tert-OH is 5. The summed E-state index contributed by atoms with van der Waals surface area (Å²) in [5.41, 5.74) is 5.69. The van der Waals surface area contributed by atoms with Crippen LogP contribution in [0.2, 0.25) is 0 Å². The molecule has 2 aliphatic rings. The lowest BCUT2D eigenvalue weighted by molar-refractivity contribution is -0.309. The van der Waals surface area contributed by atoms with Crippen LogP contribution in [-0.2, 0) is 9.47 Å². The van der Waals surface area contributed by atoms with Crippen molar-refractivity contribution in [2.45, 2.75) is 137 Å². The molecule has 2 rings (SSSR count). The summed E-state index contributed by atoms with van der Waals surface area (Å²) in [6, 6.07) is 0. The summed E-state index contributed by atoms with van der Waals surface area (Å²) in [6.07, 6.45) is 25.9. The molecule has 0 amide bonds. The van der Waals surface area contributed by atoms with Gasteiger partial charge in [0.25, 0.3) is 0 Å². The van der Waals surface area contributed by atoms with Crippen LogP contribution in [0.15, 0.2) is 142 Å². The third-order valence-electron chi connectivity index (χ3n) is 9.50. The number of ether oxygens (including phenoxy) is 2. The molecule has 6 N–H and O–H groups in total. The number of hydrogen-bond acceptors (Lipinski definition) is 8. The molecular formula is C46H66O8. The Morgan fingerprint density at radius 1 is 0.704 bits per heavy atom. The Kier molecular flexibility index (Phi) is 18.7. The van der Waals surface area contributed by atoms with Crippen LogP contribution in [0.25, 0.3) is 0 Å². The Hall–Kier alpha value is -3.44. The van der Waals surface area contributed by atoms with Gasteiger partial charge < -0.3 is 40.1 Å². The SMILES string of the molecule is CC1=C(/C=C/C(C)=C/C=C/C(C)=C/C=C/C=C(C)/C=C/C=C(C)/C=C/C=C(C)/C=C/[C@H](O[C@H]2O[C@H](C)[C@@H](O)[C@H](O)[C@@H]2O)C(C)(C)O)C(C)(C)C[C@H](O)[C@H]1O. The highest BCUT2D eigenvalue weighted by atomic mass is 16.7. The molecule has 54 heavy (non-hydrogen) atoms. The Bertz CT molecular complexity index is 1610. The smallest absolute Gasteiger partial charge is 0.187 e. The number of hydrogen-bond donors (Lipinski definition) is 6. The van der Waals surface area contributed by atoms with Gasteiger partial charge in [0.15, 0.2) is 6.29 Å². The van der Waals surface area contributed by atoms with Crippen LogP contribution in [0.1, 0.15) is 82.6 Å². The fourth-order valence-electron chi connectivity index (χ4n) is 6.00. The van der Waals surface area contributed by atoms with Crippen molar-refractivity contribution in [2.75, 3.05) is 0 Å². The first-order valence-electron chi connectivity index (χ1n) is 18.7. The Morgan fingerprint density at radius 2 is 1.15 bits per heavy atom. The largest absolute Gasteiger partial charge is 0.390 e. The second-order valence-corrected chi connectivity index (χ2v) is 15.8. The molecule has 0 spiro atoms. The topological polar surface area (TPSA) is 140 Å². The van der Waals surface area contributed by atoms with Crippen molar-refractivity contribution in [2.24, 2.45) is 5.41 Å². The lowest BCUT2D eigenvalue weighted by Crippen LogP contribution is -2.58. The standard InChI is InChI=1S/C46H66O8/c1-30(17-12-13-18-31(2)20-15-23-33(4)25-27-37-35(6)40(48)38(47)29-45(37,8)9)19-14-21-32(3)22-16-24-34(5)26-28-39(46(10,11)52)54-44-43(51)42(50)41(49)36(7)53-44/h12-28,36,38-44,47-52H,29H2,1-11H3/b13-12+,19-14+,20-15+,22-16+,27-25+,28-26+,30-17+,31-18+,32-21+,33-23+,34-24+/t36-,38+,39+,40+,41-,42+,43+,44-/m1/s1. The molecule has 1 heterocycles. The number of rotatable bonds is 15. The molecule has 0 unspecified atom stereocenters. The van der Waals surface area contributed by atoms with Crippen molar-refractivity contribution < 1.29 is 40.1 Å². The maximum atomic E-state index is 10.7. The van der Waals surface area contributed by atoms with Crippen LogP contribution in [0, 0.1) is 5.41 Å². The van der Waals surface area contributed by atoms with Crippen molar-refractivity contribution >= 4 is 0 Å².